The van der Waals surface area contributed by atoms with Gasteiger partial charge in [-0.25, -0.2) is 4.39 Å². The number of hydrogen-bond donors (Lipinski definition) is 1. The Hall–Kier alpha value is -1.54. The minimum absolute atomic E-state index is 0.362. The molecule has 17 heavy (non-hydrogen) atoms. The van der Waals surface area contributed by atoms with E-state index in [0.717, 1.165) is 0 Å². The van der Waals surface area contributed by atoms with Crippen LogP contribution in [0, 0.1) is 23.1 Å². The third kappa shape index (κ3) is 4.08. The van der Waals surface area contributed by atoms with E-state index in [2.05, 4.69) is 0 Å². The molecule has 1 aromatic carbocycles. The Bertz CT molecular complexity index is 456. The Morgan fingerprint density at radius 2 is 2.35 bits per heavy atom. The molecular weight excluding hydrogens is 241 g/mol. The van der Waals surface area contributed by atoms with E-state index < -0.39 is 11.9 Å². The molecule has 1 unspecified atom stereocenters. The standard InChI is InChI=1S/C12H12FNO2S/c1-8(12(15)16)6-17-7-10-4-9(5-14)2-3-11(10)13/h2-4,8H,6-7H2,1H3,(H,15,16). The quantitative estimate of drug-likeness (QED) is 0.876. The zero-order valence-corrected chi connectivity index (χ0v) is 10.1. The number of carbonyl (C=O) groups is 1. The highest BCUT2D eigenvalue weighted by Gasteiger charge is 2.11. The first-order chi connectivity index (χ1) is 8.04. The Balaban J connectivity index is 2.58. The van der Waals surface area contributed by atoms with Crippen LogP contribution in [0.4, 0.5) is 4.39 Å². The van der Waals surface area contributed by atoms with Crippen molar-refractivity contribution in [3.8, 4) is 6.07 Å². The van der Waals surface area contributed by atoms with Crippen LogP contribution in [-0.2, 0) is 10.5 Å². The van der Waals surface area contributed by atoms with Crippen LogP contribution in [0.15, 0.2) is 18.2 Å². The summed E-state index contributed by atoms with van der Waals surface area (Å²) < 4.78 is 13.3. The molecule has 3 nitrogen and oxygen atoms in total. The van der Waals surface area contributed by atoms with Crippen molar-refractivity contribution in [3.05, 3.63) is 35.1 Å². The molecule has 1 atom stereocenters. The predicted molar refractivity (Wildman–Crippen MR) is 64.1 cm³/mol. The van der Waals surface area contributed by atoms with Gasteiger partial charge in [-0.2, -0.15) is 17.0 Å². The molecule has 90 valence electrons. The fourth-order valence-electron chi connectivity index (χ4n) is 1.17. The van der Waals surface area contributed by atoms with Crippen molar-refractivity contribution in [2.24, 2.45) is 5.92 Å². The third-order valence-corrected chi connectivity index (χ3v) is 3.47. The molecule has 0 radical (unpaired) electrons. The number of halogens is 1. The number of nitriles is 1. The lowest BCUT2D eigenvalue weighted by Gasteiger charge is -2.06. The van der Waals surface area contributed by atoms with Gasteiger partial charge in [0.2, 0.25) is 0 Å². The number of carboxylic acids is 1. The molecule has 5 heteroatoms. The van der Waals surface area contributed by atoms with Gasteiger partial charge in [-0.3, -0.25) is 4.79 Å². The Morgan fingerprint density at radius 1 is 1.65 bits per heavy atom. The van der Waals surface area contributed by atoms with Crippen LogP contribution in [0.5, 0.6) is 0 Å². The number of thioether (sulfide) groups is 1. The van der Waals surface area contributed by atoms with Gasteiger partial charge in [0.1, 0.15) is 5.82 Å². The molecule has 1 rings (SSSR count). The van der Waals surface area contributed by atoms with Gasteiger partial charge in [-0.05, 0) is 23.8 Å². The normalized spacial score (nSPS) is 11.8. The van der Waals surface area contributed by atoms with Gasteiger partial charge in [0, 0.05) is 11.5 Å². The first kappa shape index (κ1) is 13.5. The van der Waals surface area contributed by atoms with Gasteiger partial charge in [0.05, 0.1) is 17.6 Å². The fraction of sp³-hybridized carbons (Fsp3) is 0.333. The van der Waals surface area contributed by atoms with E-state index in [4.69, 9.17) is 10.4 Å². The summed E-state index contributed by atoms with van der Waals surface area (Å²) in [5, 5.41) is 17.4. The Labute approximate surface area is 103 Å². The third-order valence-electron chi connectivity index (χ3n) is 2.22. The highest BCUT2D eigenvalue weighted by molar-refractivity contribution is 7.98. The molecule has 0 saturated heterocycles. The highest BCUT2D eigenvalue weighted by atomic mass is 32.2. The molecular formula is C12H12FNO2S. The summed E-state index contributed by atoms with van der Waals surface area (Å²) >= 11 is 1.35. The molecule has 1 N–H and O–H groups in total. The van der Waals surface area contributed by atoms with E-state index >= 15 is 0 Å². The largest absolute Gasteiger partial charge is 0.481 e. The van der Waals surface area contributed by atoms with Crippen molar-refractivity contribution in [1.29, 1.82) is 5.26 Å². The van der Waals surface area contributed by atoms with Crippen LogP contribution in [0.1, 0.15) is 18.1 Å². The van der Waals surface area contributed by atoms with Crippen molar-refractivity contribution < 1.29 is 14.3 Å². The average Bonchev–Trinajstić information content (AvgIpc) is 2.31. The zero-order valence-electron chi connectivity index (χ0n) is 9.31. The molecule has 0 saturated carbocycles. The lowest BCUT2D eigenvalue weighted by molar-refractivity contribution is -0.140. The van der Waals surface area contributed by atoms with Crippen molar-refractivity contribution in [2.75, 3.05) is 5.75 Å². The summed E-state index contributed by atoms with van der Waals surface area (Å²) in [5.41, 5.74) is 0.847. The van der Waals surface area contributed by atoms with Gasteiger partial charge in [0.25, 0.3) is 0 Å². The maximum atomic E-state index is 13.3. The first-order valence-corrected chi connectivity index (χ1v) is 6.19. The van der Waals surface area contributed by atoms with Gasteiger partial charge in [-0.1, -0.05) is 6.92 Å². The second kappa shape index (κ2) is 6.26. The van der Waals surface area contributed by atoms with Gasteiger partial charge in [-0.15, -0.1) is 0 Å². The monoisotopic (exact) mass is 253 g/mol. The molecule has 0 fully saturated rings. The number of hydrogen-bond acceptors (Lipinski definition) is 3. The Kier molecular flexibility index (Phi) is 4.98. The van der Waals surface area contributed by atoms with Crippen LogP contribution in [0.3, 0.4) is 0 Å². The number of aliphatic carboxylic acids is 1. The van der Waals surface area contributed by atoms with E-state index in [0.29, 0.717) is 22.6 Å². The number of rotatable bonds is 5. The van der Waals surface area contributed by atoms with E-state index in [1.165, 1.54) is 30.0 Å². The lowest BCUT2D eigenvalue weighted by Crippen LogP contribution is -2.11. The molecule has 0 amide bonds. The molecule has 0 aromatic heterocycles. The van der Waals surface area contributed by atoms with Gasteiger partial charge >= 0.3 is 5.97 Å². The second-order valence-electron chi connectivity index (χ2n) is 3.67. The topological polar surface area (TPSA) is 61.1 Å². The number of carboxylic acid groups (broad SMARTS) is 1. The maximum Gasteiger partial charge on any atom is 0.307 e. The molecule has 0 aliphatic carbocycles. The Morgan fingerprint density at radius 3 is 2.94 bits per heavy atom. The van der Waals surface area contributed by atoms with Crippen molar-refractivity contribution in [3.63, 3.8) is 0 Å². The van der Waals surface area contributed by atoms with Crippen molar-refractivity contribution in [2.45, 2.75) is 12.7 Å². The summed E-state index contributed by atoms with van der Waals surface area (Å²) in [6.07, 6.45) is 0. The average molecular weight is 253 g/mol. The molecule has 0 spiro atoms. The van der Waals surface area contributed by atoms with Crippen LogP contribution in [0.2, 0.25) is 0 Å². The van der Waals surface area contributed by atoms with Gasteiger partial charge in [0.15, 0.2) is 0 Å². The van der Waals surface area contributed by atoms with Crippen molar-refractivity contribution in [1.82, 2.24) is 0 Å². The molecule has 1 aromatic rings. The SMILES string of the molecule is CC(CSCc1cc(C#N)ccc1F)C(=O)O. The molecule has 0 aliphatic heterocycles. The second-order valence-corrected chi connectivity index (χ2v) is 4.70. The highest BCUT2D eigenvalue weighted by Crippen LogP contribution is 2.19. The summed E-state index contributed by atoms with van der Waals surface area (Å²) in [7, 11) is 0. The van der Waals surface area contributed by atoms with Crippen LogP contribution in [0.25, 0.3) is 0 Å². The summed E-state index contributed by atoms with van der Waals surface area (Å²) in [6, 6.07) is 6.11. The van der Waals surface area contributed by atoms with Crippen LogP contribution >= 0.6 is 11.8 Å². The van der Waals surface area contributed by atoms with E-state index in [1.54, 1.807) is 6.92 Å². The van der Waals surface area contributed by atoms with Crippen molar-refractivity contribution >= 4 is 17.7 Å². The minimum Gasteiger partial charge on any atom is -0.481 e. The number of benzene rings is 1. The summed E-state index contributed by atoms with van der Waals surface area (Å²) in [6.45, 7) is 1.61. The first-order valence-electron chi connectivity index (χ1n) is 5.03. The molecule has 0 aliphatic rings. The molecule has 0 bridgehead atoms. The predicted octanol–water partition coefficient (Wildman–Crippen LogP) is 2.65. The fourth-order valence-corrected chi connectivity index (χ4v) is 2.23. The zero-order chi connectivity index (χ0) is 12.8. The van der Waals surface area contributed by atoms with Crippen LogP contribution < -0.4 is 0 Å². The minimum atomic E-state index is -0.858. The smallest absolute Gasteiger partial charge is 0.307 e. The van der Waals surface area contributed by atoms with E-state index in [9.17, 15) is 9.18 Å². The maximum absolute atomic E-state index is 13.3. The van der Waals surface area contributed by atoms with E-state index in [-0.39, 0.29) is 5.82 Å². The van der Waals surface area contributed by atoms with E-state index in [1.807, 2.05) is 6.07 Å². The lowest BCUT2D eigenvalue weighted by atomic mass is 10.1. The van der Waals surface area contributed by atoms with Gasteiger partial charge < -0.3 is 5.11 Å². The molecule has 0 heterocycles. The van der Waals surface area contributed by atoms with Crippen LogP contribution in [-0.4, -0.2) is 16.8 Å². The number of nitrogens with zero attached hydrogens (tertiary/aromatic N) is 1. The summed E-state index contributed by atoms with van der Waals surface area (Å²) in [4.78, 5) is 10.6. The summed E-state index contributed by atoms with van der Waals surface area (Å²) in [5.74, 6) is -0.879.